The first kappa shape index (κ1) is 10.4. The van der Waals surface area contributed by atoms with Gasteiger partial charge >= 0.3 is 0 Å². The highest BCUT2D eigenvalue weighted by molar-refractivity contribution is 9.10. The third-order valence-electron chi connectivity index (χ3n) is 1.38. The predicted octanol–water partition coefficient (Wildman–Crippen LogP) is 3.27. The summed E-state index contributed by atoms with van der Waals surface area (Å²) in [4.78, 5) is 0. The van der Waals surface area contributed by atoms with Crippen LogP contribution in [0.3, 0.4) is 0 Å². The zero-order valence-electron chi connectivity index (χ0n) is 6.53. The van der Waals surface area contributed by atoms with E-state index in [1.54, 1.807) is 0 Å². The van der Waals surface area contributed by atoms with Crippen molar-refractivity contribution in [2.75, 3.05) is 11.9 Å². The van der Waals surface area contributed by atoms with Gasteiger partial charge < -0.3 is 5.32 Å². The van der Waals surface area contributed by atoms with Crippen LogP contribution >= 0.6 is 15.9 Å². The average Bonchev–Trinajstić information content (AvgIpc) is 2.07. The van der Waals surface area contributed by atoms with Crippen LogP contribution in [0.4, 0.5) is 18.9 Å². The van der Waals surface area contributed by atoms with Crippen molar-refractivity contribution in [3.63, 3.8) is 0 Å². The van der Waals surface area contributed by atoms with E-state index in [-0.39, 0.29) is 4.47 Å². The normalized spacial score (nSPS) is 10.5. The summed E-state index contributed by atoms with van der Waals surface area (Å²) in [5, 5.41) is 2.47. The molecular weight excluding hydrogens is 247 g/mol. The van der Waals surface area contributed by atoms with Crippen LogP contribution in [0.1, 0.15) is 0 Å². The smallest absolute Gasteiger partial charge is 0.255 e. The molecule has 0 heterocycles. The molecule has 13 heavy (non-hydrogen) atoms. The van der Waals surface area contributed by atoms with Crippen LogP contribution in [0.2, 0.25) is 0 Å². The van der Waals surface area contributed by atoms with Crippen molar-refractivity contribution < 1.29 is 13.2 Å². The maximum atomic E-state index is 12.7. The van der Waals surface area contributed by atoms with Gasteiger partial charge in [-0.3, -0.25) is 0 Å². The summed E-state index contributed by atoms with van der Waals surface area (Å²) in [7, 11) is 0. The highest BCUT2D eigenvalue weighted by atomic mass is 79.9. The molecule has 0 aliphatic carbocycles. The van der Waals surface area contributed by atoms with E-state index in [1.807, 2.05) is 0 Å². The average molecular weight is 254 g/mol. The molecule has 1 N–H and O–H groups in total. The van der Waals surface area contributed by atoms with Crippen molar-refractivity contribution in [3.05, 3.63) is 28.5 Å². The molecule has 0 bridgehead atoms. The lowest BCUT2D eigenvalue weighted by Crippen LogP contribution is -2.10. The maximum Gasteiger partial charge on any atom is 0.255 e. The molecule has 0 saturated heterocycles. The van der Waals surface area contributed by atoms with Gasteiger partial charge in [0.25, 0.3) is 6.43 Å². The van der Waals surface area contributed by atoms with Gasteiger partial charge in [0.15, 0.2) is 0 Å². The highest BCUT2D eigenvalue weighted by Crippen LogP contribution is 2.19. The van der Waals surface area contributed by atoms with E-state index in [0.717, 1.165) is 0 Å². The third-order valence-corrected chi connectivity index (χ3v) is 1.99. The fraction of sp³-hybridized carbons (Fsp3) is 0.250. The maximum absolute atomic E-state index is 12.7. The molecule has 1 aromatic rings. The van der Waals surface area contributed by atoms with Crippen molar-refractivity contribution in [1.82, 2.24) is 0 Å². The molecule has 0 atom stereocenters. The number of alkyl halides is 2. The number of anilines is 1. The minimum Gasteiger partial charge on any atom is -0.379 e. The Hall–Kier alpha value is -0.710. The number of nitrogens with one attached hydrogen (secondary N) is 1. The Morgan fingerprint density at radius 1 is 1.38 bits per heavy atom. The van der Waals surface area contributed by atoms with Gasteiger partial charge in [-0.1, -0.05) is 0 Å². The lowest BCUT2D eigenvalue weighted by atomic mass is 10.3. The Balaban J connectivity index is 2.63. The molecular formula is C8H7BrF3N. The monoisotopic (exact) mass is 253 g/mol. The number of hydrogen-bond donors (Lipinski definition) is 1. The van der Waals surface area contributed by atoms with Gasteiger partial charge in [0.1, 0.15) is 5.82 Å². The molecule has 0 aliphatic heterocycles. The van der Waals surface area contributed by atoms with Crippen LogP contribution in [0.5, 0.6) is 0 Å². The molecule has 1 rings (SSSR count). The molecule has 1 aromatic carbocycles. The molecule has 0 amide bonds. The Labute approximate surface area is 82.1 Å². The topological polar surface area (TPSA) is 12.0 Å². The standard InChI is InChI=1S/C8H7BrF3N/c9-6-3-5(1-2-7(6)10)13-4-8(11)12/h1-3,8,13H,4H2. The minimum absolute atomic E-state index is 0.256. The Kier molecular flexibility index (Phi) is 3.59. The molecule has 0 aromatic heterocycles. The second-order valence-corrected chi connectivity index (χ2v) is 3.26. The Morgan fingerprint density at radius 3 is 2.62 bits per heavy atom. The molecule has 72 valence electrons. The van der Waals surface area contributed by atoms with Gasteiger partial charge in [0.05, 0.1) is 11.0 Å². The highest BCUT2D eigenvalue weighted by Gasteiger charge is 2.03. The van der Waals surface area contributed by atoms with E-state index in [9.17, 15) is 13.2 Å². The summed E-state index contributed by atoms with van der Waals surface area (Å²) < 4.78 is 36.4. The van der Waals surface area contributed by atoms with Crippen LogP contribution < -0.4 is 5.32 Å². The van der Waals surface area contributed by atoms with Crippen LogP contribution in [0.15, 0.2) is 22.7 Å². The van der Waals surface area contributed by atoms with Crippen LogP contribution in [0, 0.1) is 5.82 Å². The number of benzene rings is 1. The zero-order chi connectivity index (χ0) is 9.84. The van der Waals surface area contributed by atoms with Gasteiger partial charge in [-0.05, 0) is 34.1 Å². The van der Waals surface area contributed by atoms with E-state index < -0.39 is 18.8 Å². The first-order valence-electron chi connectivity index (χ1n) is 3.56. The molecule has 1 nitrogen and oxygen atoms in total. The number of hydrogen-bond acceptors (Lipinski definition) is 1. The van der Waals surface area contributed by atoms with Crippen molar-refractivity contribution >= 4 is 21.6 Å². The van der Waals surface area contributed by atoms with Gasteiger partial charge in [-0.25, -0.2) is 13.2 Å². The molecule has 0 spiro atoms. The van der Waals surface area contributed by atoms with Gasteiger partial charge in [0, 0.05) is 5.69 Å². The fourth-order valence-electron chi connectivity index (χ4n) is 0.801. The van der Waals surface area contributed by atoms with Gasteiger partial charge in [-0.2, -0.15) is 0 Å². The molecule has 0 aliphatic rings. The van der Waals surface area contributed by atoms with Crippen molar-refractivity contribution in [1.29, 1.82) is 0 Å². The van der Waals surface area contributed by atoms with Crippen molar-refractivity contribution in [3.8, 4) is 0 Å². The number of halogens is 4. The molecule has 5 heteroatoms. The summed E-state index contributed by atoms with van der Waals surface area (Å²) in [5.41, 5.74) is 0.466. The van der Waals surface area contributed by atoms with E-state index in [2.05, 4.69) is 21.2 Å². The number of rotatable bonds is 3. The van der Waals surface area contributed by atoms with E-state index >= 15 is 0 Å². The van der Waals surface area contributed by atoms with Gasteiger partial charge in [0.2, 0.25) is 0 Å². The Bertz CT molecular complexity index is 291. The molecule has 0 unspecified atom stereocenters. The fourth-order valence-corrected chi connectivity index (χ4v) is 1.18. The molecule has 0 fully saturated rings. The quantitative estimate of drug-likeness (QED) is 0.872. The van der Waals surface area contributed by atoms with Crippen molar-refractivity contribution in [2.45, 2.75) is 6.43 Å². The summed E-state index contributed by atoms with van der Waals surface area (Å²) in [5.74, 6) is -0.414. The van der Waals surface area contributed by atoms with Gasteiger partial charge in [-0.15, -0.1) is 0 Å². The zero-order valence-corrected chi connectivity index (χ0v) is 8.11. The second-order valence-electron chi connectivity index (χ2n) is 2.40. The first-order chi connectivity index (χ1) is 6.09. The largest absolute Gasteiger partial charge is 0.379 e. The lowest BCUT2D eigenvalue weighted by Gasteiger charge is -2.05. The predicted molar refractivity (Wildman–Crippen MR) is 48.6 cm³/mol. The van der Waals surface area contributed by atoms with Crippen LogP contribution in [-0.2, 0) is 0 Å². The third kappa shape index (κ3) is 3.26. The lowest BCUT2D eigenvalue weighted by molar-refractivity contribution is 0.163. The van der Waals surface area contributed by atoms with Crippen LogP contribution in [-0.4, -0.2) is 13.0 Å². The Morgan fingerprint density at radius 2 is 2.08 bits per heavy atom. The summed E-state index contributed by atoms with van der Waals surface area (Å²) in [6.45, 7) is -0.432. The molecule has 0 radical (unpaired) electrons. The minimum atomic E-state index is -2.41. The van der Waals surface area contributed by atoms with Crippen LogP contribution in [0.25, 0.3) is 0 Å². The van der Waals surface area contributed by atoms with Crippen molar-refractivity contribution in [2.24, 2.45) is 0 Å². The van der Waals surface area contributed by atoms with E-state index in [0.29, 0.717) is 5.69 Å². The molecule has 0 saturated carbocycles. The summed E-state index contributed by atoms with van der Waals surface area (Å²) >= 11 is 2.95. The SMILES string of the molecule is Fc1ccc(NCC(F)F)cc1Br. The first-order valence-corrected chi connectivity index (χ1v) is 4.36. The second kappa shape index (κ2) is 4.50. The van der Waals surface area contributed by atoms with E-state index in [4.69, 9.17) is 0 Å². The summed E-state index contributed by atoms with van der Waals surface area (Å²) in [6.07, 6.45) is -2.41. The van der Waals surface area contributed by atoms with E-state index in [1.165, 1.54) is 18.2 Å². The summed E-state index contributed by atoms with van der Waals surface area (Å²) in [6, 6.07) is 4.03.